The minimum absolute atomic E-state index is 0.0467. The van der Waals surface area contributed by atoms with Crippen LogP contribution in [0.1, 0.15) is 38.3 Å². The highest BCUT2D eigenvalue weighted by atomic mass is 31.3. The molecule has 0 radical (unpaired) electrons. The van der Waals surface area contributed by atoms with Gasteiger partial charge in [-0.3, -0.25) is 13.6 Å². The lowest BCUT2D eigenvalue weighted by Gasteiger charge is -2.21. The van der Waals surface area contributed by atoms with Gasteiger partial charge >= 0.3 is 46.9 Å². The largest absolute Gasteiger partial charge is 0.490 e. The number of aliphatic hydroxyl groups is 1. The molecule has 6 unspecified atom stereocenters. The number of nitrogen functional groups attached to an aromatic ring is 1. The number of aliphatic hydroxyl groups excluding tert-OH is 1. The van der Waals surface area contributed by atoms with E-state index in [9.17, 15) is 61.9 Å². The zero-order valence-corrected chi connectivity index (χ0v) is 29.9. The number of unbranched alkanes of at least 4 members (excludes halogenated alkanes) is 3. The number of imidazole rings is 1. The monoisotopic (exact) mass is 830 g/mol. The fraction of sp³-hybridized carbons (Fsp3) is 0.688. The van der Waals surface area contributed by atoms with Gasteiger partial charge in [-0.05, 0) is 19.4 Å². The molecule has 49 heavy (non-hydrogen) atoms. The molecule has 27 nitrogen and oxygen atoms in total. The van der Waals surface area contributed by atoms with E-state index in [2.05, 4.69) is 45.6 Å². The van der Waals surface area contributed by atoms with Crippen LogP contribution in [0.5, 0.6) is 0 Å². The van der Waals surface area contributed by atoms with Gasteiger partial charge in [-0.2, -0.15) is 21.6 Å². The van der Waals surface area contributed by atoms with Crippen LogP contribution in [0.4, 0.5) is 5.82 Å². The Morgan fingerprint density at radius 2 is 1.27 bits per heavy atom. The van der Waals surface area contributed by atoms with Crippen LogP contribution in [-0.2, 0) is 62.7 Å². The average Bonchev–Trinajstić information content (AvgIpc) is 3.50. The molecule has 1 fully saturated rings. The Morgan fingerprint density at radius 1 is 0.755 bits per heavy atom. The number of phosphoric ester groups is 2. The molecule has 282 valence electrons. The van der Waals surface area contributed by atoms with E-state index in [1.165, 1.54) is 10.9 Å². The minimum Gasteiger partial charge on any atom is -0.390 e. The van der Waals surface area contributed by atoms with Gasteiger partial charge in [0.25, 0.3) is 0 Å². The Kier molecular flexibility index (Phi) is 14.6. The predicted octanol–water partition coefficient (Wildman–Crippen LogP) is 1.29. The lowest BCUT2D eigenvalue weighted by atomic mass is 10.2. The van der Waals surface area contributed by atoms with Crippen LogP contribution in [0.15, 0.2) is 12.7 Å². The standard InChI is InChI=1S/C16H32N6O21P6/c17-5-3-1-2-4-6-36-44(24,25)39-46(28,29)41-48(32,33)43-49(34,35)42-47(30,31)40-45(26,27)37-8-12-11(23)7-13(38-12)22-10-21-14-15(18)19-9-20-16(14)22/h9-13,23H,1-8,17H2,(H,24,25)(H,26,27)(H,28,29)(H,30,31)(H,32,33)(H,34,35)(H2,18,19,20)/t11-,12+,13+/m0/s1. The summed E-state index contributed by atoms with van der Waals surface area (Å²) in [6.45, 7) is -1.09. The quantitative estimate of drug-likeness (QED) is 0.0632. The van der Waals surface area contributed by atoms with Crippen molar-refractivity contribution in [2.75, 3.05) is 25.5 Å². The van der Waals surface area contributed by atoms with Gasteiger partial charge in [0, 0.05) is 6.42 Å². The third kappa shape index (κ3) is 13.9. The molecule has 0 saturated carbocycles. The number of hydrogen-bond donors (Lipinski definition) is 9. The van der Waals surface area contributed by atoms with E-state index in [4.69, 9.17) is 16.2 Å². The first-order chi connectivity index (χ1) is 22.4. The van der Waals surface area contributed by atoms with Crippen LogP contribution in [0.3, 0.4) is 0 Å². The van der Waals surface area contributed by atoms with Crippen molar-refractivity contribution in [2.24, 2.45) is 5.73 Å². The molecule has 33 heteroatoms. The number of nitrogens with zero attached hydrogens (tertiary/aromatic N) is 4. The predicted molar refractivity (Wildman–Crippen MR) is 158 cm³/mol. The second-order valence-electron chi connectivity index (χ2n) is 9.57. The molecule has 1 aliphatic heterocycles. The first-order valence-electron chi connectivity index (χ1n) is 13.2. The summed E-state index contributed by atoms with van der Waals surface area (Å²) in [5.41, 5.74) is 11.5. The molecule has 0 amide bonds. The Hall–Kier alpha value is -0.910. The Bertz CT molecular complexity index is 1740. The fourth-order valence-corrected chi connectivity index (χ4v) is 11.7. The molecule has 0 spiro atoms. The van der Waals surface area contributed by atoms with Crippen LogP contribution in [0.2, 0.25) is 0 Å². The summed E-state index contributed by atoms with van der Waals surface area (Å²) in [4.78, 5) is 69.6. The van der Waals surface area contributed by atoms with Crippen molar-refractivity contribution in [1.29, 1.82) is 0 Å². The van der Waals surface area contributed by atoms with E-state index in [1.54, 1.807) is 0 Å². The molecule has 0 aliphatic carbocycles. The maximum absolute atomic E-state index is 12.3. The van der Waals surface area contributed by atoms with Gasteiger partial charge in [-0.25, -0.2) is 42.3 Å². The van der Waals surface area contributed by atoms with E-state index >= 15 is 0 Å². The Labute approximate surface area is 275 Å². The number of fused-ring (bicyclic) bond motifs is 1. The number of aromatic nitrogens is 4. The SMILES string of the molecule is NCCCCCCOP(=O)(O)OP(=O)(O)OP(=O)(O)OP(=O)(O)OP(=O)(O)OP(=O)(O)OC[C@H]1O[C@@H](n2cnc3c(N)ncnc32)C[C@@H]1O. The summed E-state index contributed by atoms with van der Waals surface area (Å²) < 4.78 is 106. The van der Waals surface area contributed by atoms with Gasteiger partial charge in [0.05, 0.1) is 25.6 Å². The molecule has 2 aromatic rings. The summed E-state index contributed by atoms with van der Waals surface area (Å²) in [5.74, 6) is 0.0467. The van der Waals surface area contributed by atoms with Crippen molar-refractivity contribution in [1.82, 2.24) is 19.5 Å². The molecule has 2 aromatic heterocycles. The van der Waals surface area contributed by atoms with Crippen molar-refractivity contribution in [3.8, 4) is 0 Å². The molecule has 11 N–H and O–H groups in total. The van der Waals surface area contributed by atoms with Gasteiger partial charge in [0.2, 0.25) is 0 Å². The van der Waals surface area contributed by atoms with Crippen molar-refractivity contribution in [3.63, 3.8) is 0 Å². The molecule has 0 bridgehead atoms. The van der Waals surface area contributed by atoms with Crippen molar-refractivity contribution < 1.29 is 97.2 Å². The molecule has 3 heterocycles. The first kappa shape index (κ1) is 42.5. The lowest BCUT2D eigenvalue weighted by molar-refractivity contribution is -0.0423. The highest BCUT2D eigenvalue weighted by Crippen LogP contribution is 2.75. The van der Waals surface area contributed by atoms with Gasteiger partial charge in [0.1, 0.15) is 24.2 Å². The topological polar surface area (TPSA) is 414 Å². The van der Waals surface area contributed by atoms with Crippen molar-refractivity contribution >= 4 is 63.9 Å². The maximum Gasteiger partial charge on any atom is 0.490 e. The van der Waals surface area contributed by atoms with E-state index in [0.717, 1.165) is 6.33 Å². The van der Waals surface area contributed by atoms with E-state index in [1.807, 2.05) is 0 Å². The smallest absolute Gasteiger partial charge is 0.390 e. The Morgan fingerprint density at radius 3 is 1.82 bits per heavy atom. The van der Waals surface area contributed by atoms with Gasteiger partial charge in [-0.15, -0.1) is 0 Å². The first-order valence-corrected chi connectivity index (χ1v) is 22.2. The second-order valence-corrected chi connectivity index (χ2v) is 19.0. The molecule has 0 aromatic carbocycles. The van der Waals surface area contributed by atoms with Gasteiger partial charge < -0.3 is 50.7 Å². The normalized spacial score (nSPS) is 25.8. The molecular weight excluding hydrogens is 798 g/mol. The highest BCUT2D eigenvalue weighted by Gasteiger charge is 2.50. The van der Waals surface area contributed by atoms with Gasteiger partial charge in [-0.1, -0.05) is 12.8 Å². The zero-order chi connectivity index (χ0) is 36.9. The summed E-state index contributed by atoms with van der Waals surface area (Å²) in [5, 5.41) is 10.3. The van der Waals surface area contributed by atoms with E-state index in [-0.39, 0.29) is 29.8 Å². The maximum atomic E-state index is 12.3. The molecule has 3 rings (SSSR count). The summed E-state index contributed by atoms with van der Waals surface area (Å²) in [6, 6.07) is 0. The second kappa shape index (κ2) is 16.8. The third-order valence-electron chi connectivity index (χ3n) is 5.69. The number of anilines is 1. The third-order valence-corrected chi connectivity index (χ3v) is 14.9. The van der Waals surface area contributed by atoms with E-state index < -0.39 is 78.6 Å². The highest BCUT2D eigenvalue weighted by molar-refractivity contribution is 7.72. The molecule has 1 aliphatic rings. The van der Waals surface area contributed by atoms with Crippen LogP contribution in [0, 0.1) is 0 Å². The molecule has 9 atom stereocenters. The average molecular weight is 830 g/mol. The van der Waals surface area contributed by atoms with Crippen molar-refractivity contribution in [2.45, 2.75) is 50.5 Å². The van der Waals surface area contributed by atoms with Crippen LogP contribution in [-0.4, -0.2) is 86.0 Å². The van der Waals surface area contributed by atoms with Crippen LogP contribution in [0.25, 0.3) is 11.2 Å². The fourth-order valence-electron chi connectivity index (χ4n) is 3.82. The molecular formula is C16H32N6O21P6. The van der Waals surface area contributed by atoms with Gasteiger partial charge in [0.15, 0.2) is 11.5 Å². The molecule has 1 saturated heterocycles. The van der Waals surface area contributed by atoms with Crippen LogP contribution >= 0.6 is 46.9 Å². The summed E-state index contributed by atoms with van der Waals surface area (Å²) in [6.07, 6.45) is 0.461. The number of hydrogen-bond acceptors (Lipinski definition) is 20. The van der Waals surface area contributed by atoms with Crippen LogP contribution < -0.4 is 11.5 Å². The summed E-state index contributed by atoms with van der Waals surface area (Å²) in [7, 11) is -36.4. The minimum atomic E-state index is -6.42. The zero-order valence-electron chi connectivity index (χ0n) is 24.5. The van der Waals surface area contributed by atoms with E-state index in [0.29, 0.717) is 25.8 Å². The lowest BCUT2D eigenvalue weighted by Crippen LogP contribution is -2.26. The number of ether oxygens (including phenoxy) is 1. The van der Waals surface area contributed by atoms with Crippen molar-refractivity contribution in [3.05, 3.63) is 12.7 Å². The summed E-state index contributed by atoms with van der Waals surface area (Å²) >= 11 is 0. The number of nitrogens with two attached hydrogens (primary N) is 2. The number of phosphoric acid groups is 6. The number of rotatable bonds is 21. The Balaban J connectivity index is 1.52.